The Morgan fingerprint density at radius 3 is 2.57 bits per heavy atom. The highest BCUT2D eigenvalue weighted by molar-refractivity contribution is 6.04. The fourth-order valence-corrected chi connectivity index (χ4v) is 4.59. The zero-order chi connectivity index (χ0) is 19.3. The summed E-state index contributed by atoms with van der Waals surface area (Å²) < 4.78 is 0. The molecule has 2 bridgehead atoms. The monoisotopic (exact) mass is 379 g/mol. The lowest BCUT2D eigenvalue weighted by atomic mass is 9.96. The first-order valence-corrected chi connectivity index (χ1v) is 9.38. The number of primary amides is 1. The highest BCUT2D eigenvalue weighted by Gasteiger charge is 2.42. The summed E-state index contributed by atoms with van der Waals surface area (Å²) in [5.41, 5.74) is 12.7. The summed E-state index contributed by atoms with van der Waals surface area (Å²) in [5.74, 6) is 0.708. The minimum Gasteiger partial charge on any atom is -0.382 e. The summed E-state index contributed by atoms with van der Waals surface area (Å²) in [7, 11) is 0. The Bertz CT molecular complexity index is 1020. The lowest BCUT2D eigenvalue weighted by Crippen LogP contribution is -2.47. The number of aromatic amines is 1. The Balaban J connectivity index is 1.41. The third-order valence-electron chi connectivity index (χ3n) is 5.73. The topological polar surface area (TPSA) is 152 Å². The number of nitrogens with zero attached hydrogens (tertiary/aromatic N) is 5. The van der Waals surface area contributed by atoms with Crippen LogP contribution in [0.15, 0.2) is 24.4 Å². The number of nitrogens with one attached hydrogen (secondary N) is 2. The van der Waals surface area contributed by atoms with Gasteiger partial charge in [-0.1, -0.05) is 0 Å². The Kier molecular flexibility index (Phi) is 3.78. The number of hydrogen-bond acceptors (Lipinski definition) is 8. The summed E-state index contributed by atoms with van der Waals surface area (Å²) in [6.07, 6.45) is 5.84. The van der Waals surface area contributed by atoms with E-state index in [1.54, 1.807) is 12.3 Å². The van der Waals surface area contributed by atoms with Crippen LogP contribution in [-0.2, 0) is 0 Å². The average molecular weight is 379 g/mol. The van der Waals surface area contributed by atoms with Gasteiger partial charge in [0.2, 0.25) is 0 Å². The molecule has 2 atom stereocenters. The van der Waals surface area contributed by atoms with Crippen LogP contribution in [-0.4, -0.2) is 49.4 Å². The standard InChI is InChI=1S/C18H21N9O/c19-13-3-4-14(24-23-13)27-10-1-2-11(27)8-9(7-10)22-15-12-5-6-21-18(12)26-25-16(15)17(20)28/h3-6,9-11H,1-2,7-8H2,(H2,19,23)(H2,20,28)(H2,21,22,26). The first-order valence-electron chi connectivity index (χ1n) is 9.38. The van der Waals surface area contributed by atoms with Crippen LogP contribution < -0.4 is 21.7 Å². The van der Waals surface area contributed by atoms with E-state index in [1.165, 1.54) is 0 Å². The number of H-pyrrole nitrogens is 1. The van der Waals surface area contributed by atoms with E-state index >= 15 is 0 Å². The molecule has 2 unspecified atom stereocenters. The first kappa shape index (κ1) is 16.7. The maximum Gasteiger partial charge on any atom is 0.271 e. The molecular weight excluding hydrogens is 358 g/mol. The van der Waals surface area contributed by atoms with Crippen molar-refractivity contribution >= 4 is 34.3 Å². The van der Waals surface area contributed by atoms with Gasteiger partial charge in [-0.2, -0.15) is 0 Å². The molecule has 5 rings (SSSR count). The van der Waals surface area contributed by atoms with Crippen molar-refractivity contribution in [3.8, 4) is 0 Å². The fourth-order valence-electron chi connectivity index (χ4n) is 4.59. The van der Waals surface area contributed by atoms with Crippen LogP contribution in [0.4, 0.5) is 17.3 Å². The minimum atomic E-state index is -0.587. The van der Waals surface area contributed by atoms with Crippen molar-refractivity contribution in [1.82, 2.24) is 25.4 Å². The number of anilines is 3. The number of carbonyl (C=O) groups excluding carboxylic acids is 1. The highest BCUT2D eigenvalue weighted by Crippen LogP contribution is 2.40. The van der Waals surface area contributed by atoms with Crippen LogP contribution in [0, 0.1) is 0 Å². The third kappa shape index (κ3) is 2.68. The van der Waals surface area contributed by atoms with Gasteiger partial charge in [0.05, 0.1) is 5.69 Å². The molecule has 10 nitrogen and oxygen atoms in total. The fraction of sp³-hybridized carbons (Fsp3) is 0.389. The second-order valence-electron chi connectivity index (χ2n) is 7.45. The lowest BCUT2D eigenvalue weighted by Gasteiger charge is -2.40. The van der Waals surface area contributed by atoms with Gasteiger partial charge in [0, 0.05) is 29.7 Å². The second-order valence-corrected chi connectivity index (χ2v) is 7.45. The van der Waals surface area contributed by atoms with E-state index in [2.05, 4.69) is 35.6 Å². The SMILES string of the molecule is NC(=O)c1nnc2[nH]ccc2c1NC1CC2CCC(C1)N2c1ccc(N)nn1. The predicted molar refractivity (Wildman–Crippen MR) is 105 cm³/mol. The molecule has 28 heavy (non-hydrogen) atoms. The van der Waals surface area contributed by atoms with E-state index in [9.17, 15) is 4.79 Å². The molecule has 144 valence electrons. The molecule has 0 saturated carbocycles. The number of amides is 1. The number of carbonyl (C=O) groups is 1. The van der Waals surface area contributed by atoms with Crippen molar-refractivity contribution in [2.75, 3.05) is 16.0 Å². The maximum absolute atomic E-state index is 11.9. The van der Waals surface area contributed by atoms with Crippen molar-refractivity contribution < 1.29 is 4.79 Å². The zero-order valence-electron chi connectivity index (χ0n) is 15.2. The van der Waals surface area contributed by atoms with Gasteiger partial charge in [-0.15, -0.1) is 20.4 Å². The van der Waals surface area contributed by atoms with Crippen LogP contribution in [0.25, 0.3) is 11.0 Å². The van der Waals surface area contributed by atoms with Gasteiger partial charge in [-0.3, -0.25) is 4.79 Å². The number of hydrogen-bond donors (Lipinski definition) is 4. The van der Waals surface area contributed by atoms with Gasteiger partial charge in [0.25, 0.3) is 5.91 Å². The molecule has 2 aliphatic rings. The molecule has 3 aromatic rings. The summed E-state index contributed by atoms with van der Waals surface area (Å²) in [4.78, 5) is 17.3. The van der Waals surface area contributed by atoms with Crippen molar-refractivity contribution in [2.45, 2.75) is 43.8 Å². The van der Waals surface area contributed by atoms with Crippen molar-refractivity contribution in [3.63, 3.8) is 0 Å². The normalized spacial score (nSPS) is 23.9. The molecular formula is C18H21N9O. The molecule has 6 N–H and O–H groups in total. The Hall–Kier alpha value is -3.43. The van der Waals surface area contributed by atoms with E-state index in [0.29, 0.717) is 29.2 Å². The summed E-state index contributed by atoms with van der Waals surface area (Å²) in [6.45, 7) is 0. The predicted octanol–water partition coefficient (Wildman–Crippen LogP) is 1.04. The van der Waals surface area contributed by atoms with Crippen molar-refractivity contribution in [1.29, 1.82) is 0 Å². The Morgan fingerprint density at radius 2 is 1.89 bits per heavy atom. The smallest absolute Gasteiger partial charge is 0.271 e. The third-order valence-corrected chi connectivity index (χ3v) is 5.73. The van der Waals surface area contributed by atoms with Crippen LogP contribution in [0.2, 0.25) is 0 Å². The van der Waals surface area contributed by atoms with E-state index in [1.807, 2.05) is 12.1 Å². The highest BCUT2D eigenvalue weighted by atomic mass is 16.1. The lowest BCUT2D eigenvalue weighted by molar-refractivity contribution is 0.0995. The Labute approximate surface area is 160 Å². The number of nitrogens with two attached hydrogens (primary N) is 2. The molecule has 3 aromatic heterocycles. The Morgan fingerprint density at radius 1 is 1.11 bits per heavy atom. The maximum atomic E-state index is 11.9. The van der Waals surface area contributed by atoms with Gasteiger partial charge in [-0.25, -0.2) is 0 Å². The van der Waals surface area contributed by atoms with Crippen LogP contribution in [0.3, 0.4) is 0 Å². The summed E-state index contributed by atoms with van der Waals surface area (Å²) >= 11 is 0. The zero-order valence-corrected chi connectivity index (χ0v) is 15.2. The minimum absolute atomic E-state index is 0.172. The molecule has 2 fully saturated rings. The molecule has 5 heterocycles. The molecule has 0 radical (unpaired) electrons. The molecule has 0 aromatic carbocycles. The first-order chi connectivity index (χ1) is 13.6. The summed E-state index contributed by atoms with van der Waals surface area (Å²) in [5, 5.41) is 20.7. The molecule has 2 saturated heterocycles. The molecule has 1 amide bonds. The van der Waals surface area contributed by atoms with Crippen LogP contribution >= 0.6 is 0 Å². The van der Waals surface area contributed by atoms with E-state index in [4.69, 9.17) is 11.5 Å². The molecule has 0 spiro atoms. The van der Waals surface area contributed by atoms with Gasteiger partial charge < -0.3 is 26.7 Å². The molecule has 10 heteroatoms. The van der Waals surface area contributed by atoms with E-state index in [0.717, 1.165) is 36.9 Å². The van der Waals surface area contributed by atoms with Crippen LogP contribution in [0.5, 0.6) is 0 Å². The van der Waals surface area contributed by atoms with Crippen LogP contribution in [0.1, 0.15) is 36.2 Å². The quantitative estimate of drug-likeness (QED) is 0.525. The van der Waals surface area contributed by atoms with Gasteiger partial charge >= 0.3 is 0 Å². The largest absolute Gasteiger partial charge is 0.382 e. The van der Waals surface area contributed by atoms with Gasteiger partial charge in [0.15, 0.2) is 17.2 Å². The van der Waals surface area contributed by atoms with Gasteiger partial charge in [0.1, 0.15) is 5.82 Å². The van der Waals surface area contributed by atoms with Gasteiger partial charge in [-0.05, 0) is 43.9 Å². The van der Waals surface area contributed by atoms with Crippen molar-refractivity contribution in [3.05, 3.63) is 30.1 Å². The van der Waals surface area contributed by atoms with E-state index in [-0.39, 0.29) is 11.7 Å². The molecule has 0 aliphatic carbocycles. The second kappa shape index (κ2) is 6.32. The van der Waals surface area contributed by atoms with E-state index < -0.39 is 5.91 Å². The number of piperidine rings is 1. The number of fused-ring (bicyclic) bond motifs is 3. The number of nitrogen functional groups attached to an aromatic ring is 1. The average Bonchev–Trinajstić information content (AvgIpc) is 3.25. The summed E-state index contributed by atoms with van der Waals surface area (Å²) in [6, 6.07) is 6.53. The molecule has 2 aliphatic heterocycles. The number of rotatable bonds is 4. The number of aromatic nitrogens is 5. The van der Waals surface area contributed by atoms with Crippen molar-refractivity contribution in [2.24, 2.45) is 5.73 Å².